The Morgan fingerprint density at radius 1 is 1.19 bits per heavy atom. The highest BCUT2D eigenvalue weighted by molar-refractivity contribution is 9.10. The summed E-state index contributed by atoms with van der Waals surface area (Å²) in [7, 11) is 0. The van der Waals surface area contributed by atoms with Crippen LogP contribution in [-0.2, 0) is 6.54 Å². The van der Waals surface area contributed by atoms with Crippen molar-refractivity contribution in [3.63, 3.8) is 0 Å². The van der Waals surface area contributed by atoms with E-state index >= 15 is 0 Å². The molecule has 0 bridgehead atoms. The molecule has 0 aromatic heterocycles. The van der Waals surface area contributed by atoms with Crippen molar-refractivity contribution < 1.29 is 17.9 Å². The summed E-state index contributed by atoms with van der Waals surface area (Å²) in [6, 6.07) is 9.68. The standard InChI is InChI=1S/C15H13BrF3NO/c1-9-6-10(2-4-12(9)16)8-20-11-3-5-14(13(17)7-11)21-15(18)19/h2-7,15,20H,8H2,1H3. The van der Waals surface area contributed by atoms with Crippen LogP contribution >= 0.6 is 15.9 Å². The molecule has 21 heavy (non-hydrogen) atoms. The van der Waals surface area contributed by atoms with Crippen molar-refractivity contribution in [3.05, 3.63) is 57.8 Å². The molecule has 2 aromatic rings. The highest BCUT2D eigenvalue weighted by atomic mass is 79.9. The second-order valence-electron chi connectivity index (χ2n) is 4.46. The van der Waals surface area contributed by atoms with Crippen molar-refractivity contribution in [1.82, 2.24) is 0 Å². The summed E-state index contributed by atoms with van der Waals surface area (Å²) in [5.41, 5.74) is 2.62. The Balaban J connectivity index is 2.03. The molecule has 2 aromatic carbocycles. The second-order valence-corrected chi connectivity index (χ2v) is 5.32. The molecule has 0 aliphatic carbocycles. The van der Waals surface area contributed by atoms with Gasteiger partial charge in [-0.3, -0.25) is 0 Å². The van der Waals surface area contributed by atoms with E-state index in [4.69, 9.17) is 0 Å². The van der Waals surface area contributed by atoms with Crippen LogP contribution in [-0.4, -0.2) is 6.61 Å². The maximum atomic E-state index is 13.5. The van der Waals surface area contributed by atoms with E-state index in [9.17, 15) is 13.2 Å². The van der Waals surface area contributed by atoms with Crippen molar-refractivity contribution in [2.75, 3.05) is 5.32 Å². The fraction of sp³-hybridized carbons (Fsp3) is 0.200. The van der Waals surface area contributed by atoms with E-state index in [-0.39, 0.29) is 0 Å². The molecule has 2 nitrogen and oxygen atoms in total. The van der Waals surface area contributed by atoms with Crippen LogP contribution in [0.2, 0.25) is 0 Å². The van der Waals surface area contributed by atoms with Gasteiger partial charge in [-0.05, 0) is 36.2 Å². The number of ether oxygens (including phenoxy) is 1. The molecule has 0 heterocycles. The predicted molar refractivity (Wildman–Crippen MR) is 79.2 cm³/mol. The normalized spacial score (nSPS) is 10.8. The third-order valence-electron chi connectivity index (χ3n) is 2.87. The van der Waals surface area contributed by atoms with Crippen molar-refractivity contribution in [2.45, 2.75) is 20.1 Å². The number of hydrogen-bond acceptors (Lipinski definition) is 2. The molecule has 2 rings (SSSR count). The first kappa shape index (κ1) is 15.7. The minimum Gasteiger partial charge on any atom is -0.432 e. The number of halogens is 4. The average Bonchev–Trinajstić information content (AvgIpc) is 2.42. The summed E-state index contributed by atoms with van der Waals surface area (Å²) in [6.07, 6.45) is 0. The number of anilines is 1. The van der Waals surface area contributed by atoms with Crippen LogP contribution in [0.4, 0.5) is 18.9 Å². The number of aryl methyl sites for hydroxylation is 1. The predicted octanol–water partition coefficient (Wildman–Crippen LogP) is 5.11. The fourth-order valence-corrected chi connectivity index (χ4v) is 2.07. The van der Waals surface area contributed by atoms with E-state index in [1.165, 1.54) is 12.1 Å². The van der Waals surface area contributed by atoms with Gasteiger partial charge in [-0.15, -0.1) is 0 Å². The molecule has 0 radical (unpaired) electrons. The van der Waals surface area contributed by atoms with Gasteiger partial charge in [0.05, 0.1) is 0 Å². The van der Waals surface area contributed by atoms with Crippen LogP contribution in [0, 0.1) is 12.7 Å². The molecule has 6 heteroatoms. The third-order valence-corrected chi connectivity index (χ3v) is 3.76. The lowest BCUT2D eigenvalue weighted by Crippen LogP contribution is -2.05. The lowest BCUT2D eigenvalue weighted by molar-refractivity contribution is -0.0521. The molecule has 0 saturated heterocycles. The van der Waals surface area contributed by atoms with Gasteiger partial charge in [-0.25, -0.2) is 4.39 Å². The lowest BCUT2D eigenvalue weighted by atomic mass is 10.1. The largest absolute Gasteiger partial charge is 0.432 e. The van der Waals surface area contributed by atoms with Gasteiger partial charge in [0, 0.05) is 22.8 Å². The van der Waals surface area contributed by atoms with E-state index in [0.29, 0.717) is 12.2 Å². The summed E-state index contributed by atoms with van der Waals surface area (Å²) in [5, 5.41) is 3.03. The zero-order valence-corrected chi connectivity index (χ0v) is 12.8. The van der Waals surface area contributed by atoms with Crippen LogP contribution in [0.15, 0.2) is 40.9 Å². The summed E-state index contributed by atoms with van der Waals surface area (Å²) in [5.74, 6) is -1.29. The Morgan fingerprint density at radius 3 is 2.57 bits per heavy atom. The van der Waals surface area contributed by atoms with E-state index in [1.807, 2.05) is 25.1 Å². The zero-order chi connectivity index (χ0) is 15.4. The van der Waals surface area contributed by atoms with Gasteiger partial charge in [0.15, 0.2) is 11.6 Å². The first-order chi connectivity index (χ1) is 9.95. The fourth-order valence-electron chi connectivity index (χ4n) is 1.82. The van der Waals surface area contributed by atoms with Gasteiger partial charge in [0.25, 0.3) is 0 Å². The van der Waals surface area contributed by atoms with E-state index in [0.717, 1.165) is 21.7 Å². The zero-order valence-electron chi connectivity index (χ0n) is 11.2. The van der Waals surface area contributed by atoms with Crippen LogP contribution < -0.4 is 10.1 Å². The maximum absolute atomic E-state index is 13.5. The minimum absolute atomic E-state index is 0.463. The number of benzene rings is 2. The van der Waals surface area contributed by atoms with Crippen LogP contribution in [0.5, 0.6) is 5.75 Å². The number of nitrogens with one attached hydrogen (secondary N) is 1. The summed E-state index contributed by atoms with van der Waals surface area (Å²) >= 11 is 3.42. The van der Waals surface area contributed by atoms with Gasteiger partial charge < -0.3 is 10.1 Å². The van der Waals surface area contributed by atoms with Gasteiger partial charge in [-0.1, -0.05) is 28.1 Å². The van der Waals surface area contributed by atoms with Gasteiger partial charge in [0.2, 0.25) is 0 Å². The maximum Gasteiger partial charge on any atom is 0.387 e. The van der Waals surface area contributed by atoms with E-state index in [1.54, 1.807) is 0 Å². The first-order valence-corrected chi connectivity index (χ1v) is 6.98. The molecule has 0 amide bonds. The Bertz CT molecular complexity index is 634. The molecule has 0 aliphatic heterocycles. The van der Waals surface area contributed by atoms with E-state index in [2.05, 4.69) is 26.0 Å². The quantitative estimate of drug-likeness (QED) is 0.800. The molecular weight excluding hydrogens is 347 g/mol. The van der Waals surface area contributed by atoms with Crippen LogP contribution in [0.1, 0.15) is 11.1 Å². The number of rotatable bonds is 5. The lowest BCUT2D eigenvalue weighted by Gasteiger charge is -2.10. The topological polar surface area (TPSA) is 21.3 Å². The minimum atomic E-state index is -3.04. The van der Waals surface area contributed by atoms with Crippen LogP contribution in [0.3, 0.4) is 0 Å². The molecule has 112 valence electrons. The Labute approximate surface area is 129 Å². The Morgan fingerprint density at radius 2 is 1.95 bits per heavy atom. The second kappa shape index (κ2) is 6.85. The SMILES string of the molecule is Cc1cc(CNc2ccc(OC(F)F)c(F)c2)ccc1Br. The van der Waals surface area contributed by atoms with Crippen molar-refractivity contribution >= 4 is 21.6 Å². The monoisotopic (exact) mass is 359 g/mol. The first-order valence-electron chi connectivity index (χ1n) is 6.19. The van der Waals surface area contributed by atoms with Crippen molar-refractivity contribution in [1.29, 1.82) is 0 Å². The Kier molecular flexibility index (Phi) is 5.12. The van der Waals surface area contributed by atoms with Gasteiger partial charge in [-0.2, -0.15) is 8.78 Å². The highest BCUT2D eigenvalue weighted by Gasteiger charge is 2.10. The number of alkyl halides is 2. The Hall–Kier alpha value is -1.69. The smallest absolute Gasteiger partial charge is 0.387 e. The highest BCUT2D eigenvalue weighted by Crippen LogP contribution is 2.23. The average molecular weight is 360 g/mol. The molecule has 0 fully saturated rings. The molecule has 0 saturated carbocycles. The van der Waals surface area contributed by atoms with Crippen molar-refractivity contribution in [2.24, 2.45) is 0 Å². The molecule has 0 spiro atoms. The van der Waals surface area contributed by atoms with E-state index < -0.39 is 18.2 Å². The van der Waals surface area contributed by atoms with Gasteiger partial charge >= 0.3 is 6.61 Å². The molecule has 0 atom stereocenters. The summed E-state index contributed by atoms with van der Waals surface area (Å²) < 4.78 is 42.7. The van der Waals surface area contributed by atoms with Crippen LogP contribution in [0.25, 0.3) is 0 Å². The molecule has 1 N–H and O–H groups in total. The number of hydrogen-bond donors (Lipinski definition) is 1. The van der Waals surface area contributed by atoms with Crippen molar-refractivity contribution in [3.8, 4) is 5.75 Å². The molecular formula is C15H13BrF3NO. The van der Waals surface area contributed by atoms with Gasteiger partial charge in [0.1, 0.15) is 0 Å². The summed E-state index contributed by atoms with van der Waals surface area (Å²) in [6.45, 7) is -0.559. The molecule has 0 aliphatic rings. The summed E-state index contributed by atoms with van der Waals surface area (Å²) in [4.78, 5) is 0. The third kappa shape index (κ3) is 4.39. The molecule has 0 unspecified atom stereocenters.